The smallest absolute Gasteiger partial charge is 0.155 e. The molecule has 2 aromatic heterocycles. The zero-order valence-corrected chi connectivity index (χ0v) is 16.3. The fourth-order valence-corrected chi connectivity index (χ4v) is 2.73. The van der Waals surface area contributed by atoms with Crippen molar-refractivity contribution in [3.8, 4) is 0 Å². The van der Waals surface area contributed by atoms with Gasteiger partial charge in [0.05, 0.1) is 11.4 Å². The quantitative estimate of drug-likeness (QED) is 0.178. The van der Waals surface area contributed by atoms with Crippen LogP contribution in [0.2, 0.25) is 0 Å². The standard InChI is InChI=1S/C15H9N2.C5H8O2.Ir/c1-2-7-13-11(5-1)12-6-3-4-8-14(12)17-10-9-16-15(13)17;1-4(6)3-5(2)7;/h1-6,8-10H;3,6H,1-2H3;/q-1;;/b;4-3-;. The number of allylic oxidation sites excluding steroid dienone is 2. The van der Waals surface area contributed by atoms with Crippen molar-refractivity contribution in [1.82, 2.24) is 9.38 Å². The summed E-state index contributed by atoms with van der Waals surface area (Å²) in [7, 11) is 0. The van der Waals surface area contributed by atoms with E-state index in [1.807, 2.05) is 24.5 Å². The van der Waals surface area contributed by atoms with Crippen LogP contribution in [0.1, 0.15) is 13.8 Å². The summed E-state index contributed by atoms with van der Waals surface area (Å²) in [5, 5.41) is 11.9. The number of fused-ring (bicyclic) bond motifs is 6. The minimum absolute atomic E-state index is 0. The summed E-state index contributed by atoms with van der Waals surface area (Å²) < 4.78 is 2.12. The van der Waals surface area contributed by atoms with Gasteiger partial charge in [-0.05, 0) is 25.3 Å². The van der Waals surface area contributed by atoms with E-state index < -0.39 is 0 Å². The monoisotopic (exact) mass is 510 g/mol. The molecule has 1 radical (unpaired) electrons. The fourth-order valence-electron chi connectivity index (χ4n) is 2.73. The zero-order valence-electron chi connectivity index (χ0n) is 13.9. The Bertz CT molecular complexity index is 993. The van der Waals surface area contributed by atoms with Crippen LogP contribution in [0, 0.1) is 6.07 Å². The first-order valence-corrected chi connectivity index (χ1v) is 7.60. The molecular formula is C20H17IrN2O2-. The van der Waals surface area contributed by atoms with E-state index >= 15 is 0 Å². The molecule has 2 aromatic carbocycles. The number of pyridine rings is 1. The average Bonchev–Trinajstić information content (AvgIpc) is 3.04. The van der Waals surface area contributed by atoms with Gasteiger partial charge in [0.1, 0.15) is 0 Å². The molecule has 2 heterocycles. The molecule has 0 atom stereocenters. The Kier molecular flexibility index (Phi) is 6.07. The number of benzene rings is 2. The van der Waals surface area contributed by atoms with E-state index in [-0.39, 0.29) is 31.6 Å². The van der Waals surface area contributed by atoms with E-state index in [1.165, 1.54) is 36.2 Å². The molecule has 129 valence electrons. The summed E-state index contributed by atoms with van der Waals surface area (Å²) in [5.41, 5.74) is 2.16. The van der Waals surface area contributed by atoms with Gasteiger partial charge in [-0.2, -0.15) is 0 Å². The summed E-state index contributed by atoms with van der Waals surface area (Å²) in [4.78, 5) is 14.4. The van der Waals surface area contributed by atoms with Crippen molar-refractivity contribution in [3.63, 3.8) is 0 Å². The predicted molar refractivity (Wildman–Crippen MR) is 96.1 cm³/mol. The van der Waals surface area contributed by atoms with Crippen LogP contribution in [0.25, 0.3) is 27.3 Å². The molecule has 0 aliphatic rings. The summed E-state index contributed by atoms with van der Waals surface area (Å²) in [6.45, 7) is 2.85. The molecule has 25 heavy (non-hydrogen) atoms. The first-order valence-electron chi connectivity index (χ1n) is 7.60. The third-order valence-electron chi connectivity index (χ3n) is 3.59. The van der Waals surface area contributed by atoms with Crippen molar-refractivity contribution in [2.45, 2.75) is 13.8 Å². The van der Waals surface area contributed by atoms with E-state index in [1.54, 1.807) is 0 Å². The van der Waals surface area contributed by atoms with E-state index in [4.69, 9.17) is 5.11 Å². The van der Waals surface area contributed by atoms with E-state index in [0.29, 0.717) is 0 Å². The number of aromatic nitrogens is 2. The molecule has 1 N–H and O–H groups in total. The number of carbonyl (C=O) groups is 1. The maximum atomic E-state index is 10.0. The first-order chi connectivity index (χ1) is 11.6. The number of ketones is 1. The molecule has 0 saturated heterocycles. The minimum Gasteiger partial charge on any atom is -0.512 e. The van der Waals surface area contributed by atoms with Gasteiger partial charge in [0.2, 0.25) is 0 Å². The molecule has 0 bridgehead atoms. The second-order valence-corrected chi connectivity index (χ2v) is 5.49. The minimum atomic E-state index is -0.125. The molecule has 0 amide bonds. The molecule has 4 nitrogen and oxygen atoms in total. The van der Waals surface area contributed by atoms with Crippen LogP contribution in [0.3, 0.4) is 0 Å². The molecule has 4 aromatic rings. The molecule has 5 heteroatoms. The van der Waals surface area contributed by atoms with Gasteiger partial charge in [-0.3, -0.25) is 9.78 Å². The van der Waals surface area contributed by atoms with Crippen LogP contribution in [0.15, 0.2) is 66.7 Å². The van der Waals surface area contributed by atoms with Crippen molar-refractivity contribution >= 4 is 33.1 Å². The van der Waals surface area contributed by atoms with Gasteiger partial charge >= 0.3 is 0 Å². The van der Waals surface area contributed by atoms with Crippen LogP contribution in [0.4, 0.5) is 0 Å². The summed E-state index contributed by atoms with van der Waals surface area (Å²) in [6.07, 6.45) is 5.00. The van der Waals surface area contributed by atoms with E-state index in [9.17, 15) is 4.79 Å². The van der Waals surface area contributed by atoms with Crippen LogP contribution < -0.4 is 0 Å². The van der Waals surface area contributed by atoms with Gasteiger partial charge in [0, 0.05) is 44.1 Å². The van der Waals surface area contributed by atoms with Crippen molar-refractivity contribution in [3.05, 3.63) is 72.8 Å². The van der Waals surface area contributed by atoms with E-state index in [2.05, 4.69) is 45.8 Å². The van der Waals surface area contributed by atoms with Gasteiger partial charge in [-0.25, -0.2) is 0 Å². The largest absolute Gasteiger partial charge is 0.512 e. The van der Waals surface area contributed by atoms with Gasteiger partial charge < -0.3 is 9.51 Å². The van der Waals surface area contributed by atoms with E-state index in [0.717, 1.165) is 11.0 Å². The Morgan fingerprint density at radius 2 is 1.88 bits per heavy atom. The Morgan fingerprint density at radius 1 is 1.16 bits per heavy atom. The fraction of sp³-hybridized carbons (Fsp3) is 0.100. The van der Waals surface area contributed by atoms with Crippen LogP contribution in [-0.4, -0.2) is 20.3 Å². The van der Waals surface area contributed by atoms with Gasteiger partial charge in [-0.15, -0.1) is 29.7 Å². The van der Waals surface area contributed by atoms with Crippen LogP contribution in [0.5, 0.6) is 0 Å². The molecule has 0 aliphatic heterocycles. The second-order valence-electron chi connectivity index (χ2n) is 5.49. The maximum absolute atomic E-state index is 10.0. The third-order valence-corrected chi connectivity index (χ3v) is 3.59. The Balaban J connectivity index is 0.000000246. The van der Waals surface area contributed by atoms with Crippen LogP contribution >= 0.6 is 0 Å². The Labute approximate surface area is 159 Å². The number of aliphatic hydroxyl groups excluding tert-OH is 1. The second kappa shape index (κ2) is 8.06. The third kappa shape index (κ3) is 3.95. The predicted octanol–water partition coefficient (Wildman–Crippen LogP) is 4.48. The number of aliphatic hydroxyl groups is 1. The topological polar surface area (TPSA) is 54.6 Å². The van der Waals surface area contributed by atoms with Gasteiger partial charge in [0.25, 0.3) is 0 Å². The summed E-state index contributed by atoms with van der Waals surface area (Å²) >= 11 is 0. The average molecular weight is 510 g/mol. The van der Waals surface area contributed by atoms with Crippen molar-refractivity contribution in [2.75, 3.05) is 0 Å². The molecule has 0 saturated carbocycles. The molecule has 0 unspecified atom stereocenters. The first kappa shape index (κ1) is 18.8. The molecule has 0 aliphatic carbocycles. The number of hydrogen-bond acceptors (Lipinski definition) is 3. The number of hydrogen-bond donors (Lipinski definition) is 1. The number of imidazole rings is 1. The number of rotatable bonds is 1. The summed E-state index contributed by atoms with van der Waals surface area (Å²) in [5.74, 6) is -0.0625. The van der Waals surface area contributed by atoms with Gasteiger partial charge in [0.15, 0.2) is 5.78 Å². The number of nitrogens with zero attached hydrogens (tertiary/aromatic N) is 2. The van der Waals surface area contributed by atoms with Crippen molar-refractivity contribution in [2.24, 2.45) is 0 Å². The Hall–Kier alpha value is -2.49. The summed E-state index contributed by atoms with van der Waals surface area (Å²) in [6, 6.07) is 17.8. The molecular weight excluding hydrogens is 492 g/mol. The Morgan fingerprint density at radius 3 is 2.56 bits per heavy atom. The molecule has 4 rings (SSSR count). The van der Waals surface area contributed by atoms with Gasteiger partial charge in [-0.1, -0.05) is 23.6 Å². The number of carbonyl (C=O) groups excluding carboxylic acids is 1. The van der Waals surface area contributed by atoms with Crippen molar-refractivity contribution in [1.29, 1.82) is 0 Å². The van der Waals surface area contributed by atoms with Crippen LogP contribution in [-0.2, 0) is 24.9 Å². The number of para-hydroxylation sites is 1. The molecule has 0 fully saturated rings. The normalized spacial score (nSPS) is 11.0. The SMILES string of the molecule is CC(=O)/C=C(/C)O.[Ir].[c-]1cccc2c1c1nccn1c1ccccc21. The molecule has 0 spiro atoms. The maximum Gasteiger partial charge on any atom is 0.155 e. The zero-order chi connectivity index (χ0) is 17.1. The van der Waals surface area contributed by atoms with Crippen molar-refractivity contribution < 1.29 is 30.0 Å².